The van der Waals surface area contributed by atoms with Crippen molar-refractivity contribution in [1.82, 2.24) is 5.43 Å². The Bertz CT molecular complexity index is 740. The summed E-state index contributed by atoms with van der Waals surface area (Å²) in [5.74, 6) is -1.57. The molecule has 0 aliphatic carbocycles. The van der Waals surface area contributed by atoms with Crippen LogP contribution in [0.1, 0.15) is 16.0 Å². The van der Waals surface area contributed by atoms with Gasteiger partial charge >= 0.3 is 11.8 Å². The zero-order chi connectivity index (χ0) is 16.1. The molecule has 0 spiro atoms. The second-order valence-corrected chi connectivity index (χ2v) is 6.48. The first-order chi connectivity index (χ1) is 10.5. The number of anilines is 1. The van der Waals surface area contributed by atoms with E-state index in [-0.39, 0.29) is 0 Å². The van der Waals surface area contributed by atoms with Crippen LogP contribution in [0.5, 0.6) is 0 Å². The molecule has 0 atom stereocenters. The number of nitrogens with zero attached hydrogens (tertiary/aromatic N) is 1. The minimum absolute atomic E-state index is 0.578. The highest BCUT2D eigenvalue weighted by Gasteiger charge is 2.13. The van der Waals surface area contributed by atoms with Crippen molar-refractivity contribution >= 4 is 51.0 Å². The Labute approximate surface area is 140 Å². The molecule has 0 aliphatic rings. The van der Waals surface area contributed by atoms with Gasteiger partial charge in [0.2, 0.25) is 0 Å². The number of aryl methyl sites for hydroxylation is 2. The lowest BCUT2D eigenvalue weighted by atomic mass is 10.1. The predicted octanol–water partition coefficient (Wildman–Crippen LogP) is 3.22. The molecule has 5 nitrogen and oxygen atoms in total. The SMILES string of the molecule is Cc1ccc(NC(=O)C(=O)N/N=C/c2cc(Br)cs2)cc1C. The summed E-state index contributed by atoms with van der Waals surface area (Å²) in [5.41, 5.74) is 4.94. The van der Waals surface area contributed by atoms with Gasteiger partial charge in [-0.1, -0.05) is 6.07 Å². The van der Waals surface area contributed by atoms with E-state index in [9.17, 15) is 9.59 Å². The summed E-state index contributed by atoms with van der Waals surface area (Å²) in [5, 5.41) is 8.18. The quantitative estimate of drug-likeness (QED) is 0.488. The van der Waals surface area contributed by atoms with Crippen LogP contribution >= 0.6 is 27.3 Å². The number of benzene rings is 1. The largest absolute Gasteiger partial charge is 0.329 e. The number of hydrazone groups is 1. The normalized spacial score (nSPS) is 10.7. The summed E-state index contributed by atoms with van der Waals surface area (Å²) in [6, 6.07) is 7.30. The van der Waals surface area contributed by atoms with Crippen molar-refractivity contribution < 1.29 is 9.59 Å². The van der Waals surface area contributed by atoms with Gasteiger partial charge in [-0.15, -0.1) is 11.3 Å². The first kappa shape index (κ1) is 16.4. The third-order valence-corrected chi connectivity index (χ3v) is 4.54. The highest BCUT2D eigenvalue weighted by atomic mass is 79.9. The Morgan fingerprint density at radius 2 is 1.95 bits per heavy atom. The van der Waals surface area contributed by atoms with Gasteiger partial charge in [0.15, 0.2) is 0 Å². The Kier molecular flexibility index (Phi) is 5.46. The van der Waals surface area contributed by atoms with Gasteiger partial charge in [0, 0.05) is 20.4 Å². The van der Waals surface area contributed by atoms with Crippen molar-refractivity contribution in [3.05, 3.63) is 50.1 Å². The van der Waals surface area contributed by atoms with Gasteiger partial charge in [-0.2, -0.15) is 5.10 Å². The predicted molar refractivity (Wildman–Crippen MR) is 92.3 cm³/mol. The van der Waals surface area contributed by atoms with Gasteiger partial charge in [-0.25, -0.2) is 5.43 Å². The van der Waals surface area contributed by atoms with Crippen molar-refractivity contribution in [2.45, 2.75) is 13.8 Å². The van der Waals surface area contributed by atoms with Gasteiger partial charge in [0.1, 0.15) is 0 Å². The molecule has 114 valence electrons. The molecular formula is C15H14BrN3O2S. The molecule has 7 heteroatoms. The van der Waals surface area contributed by atoms with Crippen LogP contribution < -0.4 is 10.7 Å². The maximum atomic E-state index is 11.8. The molecular weight excluding hydrogens is 366 g/mol. The van der Waals surface area contributed by atoms with Gasteiger partial charge in [0.25, 0.3) is 0 Å². The monoisotopic (exact) mass is 379 g/mol. The van der Waals surface area contributed by atoms with E-state index < -0.39 is 11.8 Å². The van der Waals surface area contributed by atoms with E-state index in [1.165, 1.54) is 17.6 Å². The van der Waals surface area contributed by atoms with Gasteiger partial charge in [-0.3, -0.25) is 9.59 Å². The maximum absolute atomic E-state index is 11.8. The van der Waals surface area contributed by atoms with E-state index in [1.54, 1.807) is 6.07 Å². The van der Waals surface area contributed by atoms with Crippen LogP contribution in [0.2, 0.25) is 0 Å². The first-order valence-corrected chi connectivity index (χ1v) is 8.08. The summed E-state index contributed by atoms with van der Waals surface area (Å²) in [7, 11) is 0. The molecule has 2 aromatic rings. The average Bonchev–Trinajstić information content (AvgIpc) is 2.88. The Balaban J connectivity index is 1.90. The molecule has 0 saturated carbocycles. The molecule has 0 aliphatic heterocycles. The topological polar surface area (TPSA) is 70.6 Å². The fraction of sp³-hybridized carbons (Fsp3) is 0.133. The molecule has 0 saturated heterocycles. The summed E-state index contributed by atoms with van der Waals surface area (Å²) < 4.78 is 0.942. The third kappa shape index (κ3) is 4.51. The summed E-state index contributed by atoms with van der Waals surface area (Å²) in [6.45, 7) is 3.92. The Morgan fingerprint density at radius 3 is 2.59 bits per heavy atom. The van der Waals surface area contributed by atoms with Crippen LogP contribution in [-0.4, -0.2) is 18.0 Å². The smallest absolute Gasteiger partial charge is 0.318 e. The molecule has 1 aromatic heterocycles. The summed E-state index contributed by atoms with van der Waals surface area (Å²) in [6.07, 6.45) is 1.48. The van der Waals surface area contributed by atoms with E-state index in [4.69, 9.17) is 0 Å². The molecule has 2 rings (SSSR count). The minimum atomic E-state index is -0.815. The second kappa shape index (κ2) is 7.33. The van der Waals surface area contributed by atoms with E-state index in [0.29, 0.717) is 5.69 Å². The number of hydrogen-bond donors (Lipinski definition) is 2. The highest BCUT2D eigenvalue weighted by Crippen LogP contribution is 2.17. The van der Waals surface area contributed by atoms with Crippen LogP contribution in [0.25, 0.3) is 0 Å². The maximum Gasteiger partial charge on any atom is 0.329 e. The zero-order valence-electron chi connectivity index (χ0n) is 12.0. The number of halogens is 1. The third-order valence-electron chi connectivity index (χ3n) is 2.92. The molecule has 0 radical (unpaired) electrons. The van der Waals surface area contributed by atoms with Crippen molar-refractivity contribution in [3.8, 4) is 0 Å². The van der Waals surface area contributed by atoms with Crippen LogP contribution in [0.3, 0.4) is 0 Å². The Morgan fingerprint density at radius 1 is 1.18 bits per heavy atom. The van der Waals surface area contributed by atoms with Gasteiger partial charge in [-0.05, 0) is 59.1 Å². The van der Waals surface area contributed by atoms with E-state index in [1.807, 2.05) is 37.4 Å². The standard InChI is InChI=1S/C15H14BrN3O2S/c1-9-3-4-12(5-10(9)2)18-14(20)15(21)19-17-7-13-6-11(16)8-22-13/h3-8H,1-2H3,(H,18,20)(H,19,21)/b17-7+. The number of amides is 2. The van der Waals surface area contributed by atoms with Crippen LogP contribution in [-0.2, 0) is 9.59 Å². The van der Waals surface area contributed by atoms with Crippen LogP contribution in [0, 0.1) is 13.8 Å². The minimum Gasteiger partial charge on any atom is -0.318 e. The highest BCUT2D eigenvalue weighted by molar-refractivity contribution is 9.10. The van der Waals surface area contributed by atoms with Crippen molar-refractivity contribution in [2.24, 2.45) is 5.10 Å². The second-order valence-electron chi connectivity index (χ2n) is 4.62. The Hall–Kier alpha value is -1.99. The van der Waals surface area contributed by atoms with Crippen LogP contribution in [0.15, 0.2) is 39.2 Å². The zero-order valence-corrected chi connectivity index (χ0v) is 14.4. The lowest BCUT2D eigenvalue weighted by Crippen LogP contribution is -2.32. The van der Waals surface area contributed by atoms with E-state index in [2.05, 4.69) is 31.8 Å². The van der Waals surface area contributed by atoms with E-state index >= 15 is 0 Å². The number of hydrogen-bond acceptors (Lipinski definition) is 4. The lowest BCUT2D eigenvalue weighted by Gasteiger charge is -2.06. The molecule has 2 amide bonds. The lowest BCUT2D eigenvalue weighted by molar-refractivity contribution is -0.136. The molecule has 2 N–H and O–H groups in total. The molecule has 0 bridgehead atoms. The number of rotatable bonds is 3. The molecule has 0 fully saturated rings. The number of thiophene rings is 1. The first-order valence-electron chi connectivity index (χ1n) is 6.41. The molecule has 0 unspecified atom stereocenters. The van der Waals surface area contributed by atoms with Gasteiger partial charge < -0.3 is 5.32 Å². The van der Waals surface area contributed by atoms with Crippen LogP contribution in [0.4, 0.5) is 5.69 Å². The fourth-order valence-electron chi connectivity index (χ4n) is 1.61. The van der Waals surface area contributed by atoms with E-state index in [0.717, 1.165) is 20.5 Å². The summed E-state index contributed by atoms with van der Waals surface area (Å²) >= 11 is 4.79. The van der Waals surface area contributed by atoms with Gasteiger partial charge in [0.05, 0.1) is 6.21 Å². The van der Waals surface area contributed by atoms with Crippen molar-refractivity contribution in [1.29, 1.82) is 0 Å². The molecule has 1 aromatic carbocycles. The van der Waals surface area contributed by atoms with Crippen molar-refractivity contribution in [2.75, 3.05) is 5.32 Å². The molecule has 22 heavy (non-hydrogen) atoms. The molecule has 1 heterocycles. The fourth-order valence-corrected chi connectivity index (χ4v) is 2.91. The summed E-state index contributed by atoms with van der Waals surface area (Å²) in [4.78, 5) is 24.3. The number of carbonyl (C=O) groups excluding carboxylic acids is 2. The average molecular weight is 380 g/mol. The number of nitrogens with one attached hydrogen (secondary N) is 2. The number of carbonyl (C=O) groups is 2. The van der Waals surface area contributed by atoms with Crippen molar-refractivity contribution in [3.63, 3.8) is 0 Å².